The molecule has 0 amide bonds. The highest BCUT2D eigenvalue weighted by atomic mass is 15.4. The Balaban J connectivity index is 2.86. The molecule has 5 heteroatoms. The molecule has 0 bridgehead atoms. The fourth-order valence-electron chi connectivity index (χ4n) is 2.34. The van der Waals surface area contributed by atoms with E-state index in [-0.39, 0.29) is 0 Å². The molecule has 5 nitrogen and oxygen atoms in total. The highest BCUT2D eigenvalue weighted by Gasteiger charge is 2.19. The van der Waals surface area contributed by atoms with Crippen LogP contribution in [0.5, 0.6) is 0 Å². The third kappa shape index (κ3) is 3.86. The summed E-state index contributed by atoms with van der Waals surface area (Å²) in [4.78, 5) is 4.53. The van der Waals surface area contributed by atoms with Gasteiger partial charge in [-0.25, -0.2) is 0 Å². The summed E-state index contributed by atoms with van der Waals surface area (Å²) in [5.41, 5.74) is 8.12. The Bertz CT molecular complexity index is 395. The molecule has 0 aliphatic rings. The van der Waals surface area contributed by atoms with Crippen molar-refractivity contribution in [1.29, 1.82) is 0 Å². The average Bonchev–Trinajstić information content (AvgIpc) is 2.61. The maximum Gasteiger partial charge on any atom is 0.150 e. The van der Waals surface area contributed by atoms with E-state index < -0.39 is 0 Å². The molecule has 1 aromatic rings. The lowest BCUT2D eigenvalue weighted by atomic mass is 10.1. The van der Waals surface area contributed by atoms with Gasteiger partial charge in [0, 0.05) is 20.1 Å². The summed E-state index contributed by atoms with van der Waals surface area (Å²) in [7, 11) is 6.18. The maximum atomic E-state index is 6.28. The smallest absolute Gasteiger partial charge is 0.150 e. The number of nitrogens with two attached hydrogens (primary N) is 1. The number of aromatic nitrogens is 2. The van der Waals surface area contributed by atoms with Gasteiger partial charge in [0.15, 0.2) is 0 Å². The standard InChI is InChI=1S/C14H29N5/c1-7-19(10-8-9-17(4)5)14-12(15)13(11(2)3)16-18(14)6/h11H,7-10,15H2,1-6H3. The van der Waals surface area contributed by atoms with Crippen molar-refractivity contribution in [2.24, 2.45) is 7.05 Å². The van der Waals surface area contributed by atoms with Gasteiger partial charge in [-0.2, -0.15) is 5.10 Å². The molecule has 19 heavy (non-hydrogen) atoms. The van der Waals surface area contributed by atoms with Crippen LogP contribution in [0.15, 0.2) is 0 Å². The van der Waals surface area contributed by atoms with Crippen LogP contribution in [0, 0.1) is 0 Å². The van der Waals surface area contributed by atoms with Crippen LogP contribution >= 0.6 is 0 Å². The molecular weight excluding hydrogens is 238 g/mol. The van der Waals surface area contributed by atoms with Crippen molar-refractivity contribution in [1.82, 2.24) is 14.7 Å². The fourth-order valence-corrected chi connectivity index (χ4v) is 2.34. The van der Waals surface area contributed by atoms with Gasteiger partial charge in [0.05, 0.1) is 11.4 Å². The van der Waals surface area contributed by atoms with Gasteiger partial charge >= 0.3 is 0 Å². The largest absolute Gasteiger partial charge is 0.394 e. The minimum absolute atomic E-state index is 0.362. The number of nitrogens with zero attached hydrogens (tertiary/aromatic N) is 4. The zero-order valence-corrected chi connectivity index (χ0v) is 13.3. The van der Waals surface area contributed by atoms with Crippen LogP contribution in [-0.2, 0) is 7.05 Å². The quantitative estimate of drug-likeness (QED) is 0.820. The molecule has 0 fully saturated rings. The minimum atomic E-state index is 0.362. The van der Waals surface area contributed by atoms with E-state index in [1.165, 1.54) is 0 Å². The highest BCUT2D eigenvalue weighted by Crippen LogP contribution is 2.30. The SMILES string of the molecule is CCN(CCCN(C)C)c1c(N)c(C(C)C)nn1C. The predicted octanol–water partition coefficient (Wildman–Crippen LogP) is 1.90. The monoisotopic (exact) mass is 267 g/mol. The van der Waals surface area contributed by atoms with Crippen LogP contribution in [0.25, 0.3) is 0 Å². The molecule has 0 aliphatic carbocycles. The summed E-state index contributed by atoms with van der Waals surface area (Å²) in [5.74, 6) is 1.42. The van der Waals surface area contributed by atoms with Gasteiger partial charge in [-0.1, -0.05) is 13.8 Å². The molecule has 1 heterocycles. The first-order valence-corrected chi connectivity index (χ1v) is 7.10. The molecule has 0 radical (unpaired) electrons. The van der Waals surface area contributed by atoms with Crippen molar-refractivity contribution in [3.63, 3.8) is 0 Å². The summed E-state index contributed by atoms with van der Waals surface area (Å²) in [5, 5.41) is 4.56. The summed E-state index contributed by atoms with van der Waals surface area (Å²) >= 11 is 0. The van der Waals surface area contributed by atoms with Crippen molar-refractivity contribution >= 4 is 11.5 Å². The van der Waals surface area contributed by atoms with Crippen molar-refractivity contribution < 1.29 is 0 Å². The van der Waals surface area contributed by atoms with Crippen molar-refractivity contribution in [3.8, 4) is 0 Å². The fraction of sp³-hybridized carbons (Fsp3) is 0.786. The lowest BCUT2D eigenvalue weighted by Gasteiger charge is -2.24. The van der Waals surface area contributed by atoms with E-state index in [1.54, 1.807) is 0 Å². The van der Waals surface area contributed by atoms with Crippen molar-refractivity contribution in [2.75, 3.05) is 44.4 Å². The number of aryl methyl sites for hydroxylation is 1. The average molecular weight is 267 g/mol. The molecule has 0 spiro atoms. The molecule has 1 rings (SSSR count). The Morgan fingerprint density at radius 1 is 1.26 bits per heavy atom. The molecule has 0 aliphatic heterocycles. The first-order valence-electron chi connectivity index (χ1n) is 7.10. The molecule has 2 N–H and O–H groups in total. The van der Waals surface area contributed by atoms with Crippen LogP contribution in [0.2, 0.25) is 0 Å². The van der Waals surface area contributed by atoms with E-state index in [1.807, 2.05) is 11.7 Å². The summed E-state index contributed by atoms with van der Waals surface area (Å²) in [6.45, 7) is 9.47. The maximum absolute atomic E-state index is 6.28. The Kier molecular flexibility index (Phi) is 5.66. The zero-order chi connectivity index (χ0) is 14.6. The summed E-state index contributed by atoms with van der Waals surface area (Å²) in [6, 6.07) is 0. The van der Waals surface area contributed by atoms with Gasteiger partial charge < -0.3 is 15.5 Å². The van der Waals surface area contributed by atoms with Gasteiger partial charge in [-0.15, -0.1) is 0 Å². The van der Waals surface area contributed by atoms with E-state index in [2.05, 4.69) is 49.8 Å². The second-order valence-electron chi connectivity index (χ2n) is 5.64. The van der Waals surface area contributed by atoms with Gasteiger partial charge in [0.1, 0.15) is 5.82 Å². The topological polar surface area (TPSA) is 50.3 Å². The number of hydrogen-bond donors (Lipinski definition) is 1. The van der Waals surface area contributed by atoms with Crippen molar-refractivity contribution in [3.05, 3.63) is 5.69 Å². The third-order valence-electron chi connectivity index (χ3n) is 3.34. The van der Waals surface area contributed by atoms with Gasteiger partial charge in [-0.05, 0) is 39.9 Å². The molecule has 0 unspecified atom stereocenters. The summed E-state index contributed by atoms with van der Waals surface area (Å²) < 4.78 is 1.92. The van der Waals surface area contributed by atoms with Crippen LogP contribution in [0.4, 0.5) is 11.5 Å². The second-order valence-corrected chi connectivity index (χ2v) is 5.64. The highest BCUT2D eigenvalue weighted by molar-refractivity contribution is 5.67. The van der Waals surface area contributed by atoms with Crippen LogP contribution in [0.3, 0.4) is 0 Å². The molecular formula is C14H29N5. The van der Waals surface area contributed by atoms with E-state index in [9.17, 15) is 0 Å². The van der Waals surface area contributed by atoms with Crippen LogP contribution in [-0.4, -0.2) is 48.4 Å². The van der Waals surface area contributed by atoms with E-state index in [0.717, 1.165) is 43.3 Å². The third-order valence-corrected chi connectivity index (χ3v) is 3.34. The lowest BCUT2D eigenvalue weighted by molar-refractivity contribution is 0.400. The molecule has 0 aromatic carbocycles. The number of hydrogen-bond acceptors (Lipinski definition) is 4. The lowest BCUT2D eigenvalue weighted by Crippen LogP contribution is -2.29. The Morgan fingerprint density at radius 3 is 2.32 bits per heavy atom. The van der Waals surface area contributed by atoms with Crippen LogP contribution in [0.1, 0.15) is 38.8 Å². The Labute approximate surface area is 117 Å². The normalized spacial score (nSPS) is 11.6. The Morgan fingerprint density at radius 2 is 1.89 bits per heavy atom. The number of rotatable bonds is 7. The first kappa shape index (κ1) is 15.8. The van der Waals surface area contributed by atoms with E-state index in [4.69, 9.17) is 5.73 Å². The first-order chi connectivity index (χ1) is 8.88. The van der Waals surface area contributed by atoms with E-state index >= 15 is 0 Å². The van der Waals surface area contributed by atoms with Gasteiger partial charge in [-0.3, -0.25) is 4.68 Å². The molecule has 0 saturated heterocycles. The minimum Gasteiger partial charge on any atom is -0.394 e. The van der Waals surface area contributed by atoms with Crippen molar-refractivity contribution in [2.45, 2.75) is 33.1 Å². The summed E-state index contributed by atoms with van der Waals surface area (Å²) in [6.07, 6.45) is 1.13. The second kappa shape index (κ2) is 6.80. The molecule has 0 atom stereocenters. The van der Waals surface area contributed by atoms with Gasteiger partial charge in [0.25, 0.3) is 0 Å². The zero-order valence-electron chi connectivity index (χ0n) is 13.3. The van der Waals surface area contributed by atoms with Crippen LogP contribution < -0.4 is 10.6 Å². The number of nitrogen functional groups attached to an aromatic ring is 1. The van der Waals surface area contributed by atoms with Gasteiger partial charge in [0.2, 0.25) is 0 Å². The Hall–Kier alpha value is -1.23. The molecule has 1 aromatic heterocycles. The number of anilines is 2. The molecule has 110 valence electrons. The molecule has 0 saturated carbocycles. The predicted molar refractivity (Wildman–Crippen MR) is 82.8 cm³/mol. The van der Waals surface area contributed by atoms with E-state index in [0.29, 0.717) is 5.92 Å².